The van der Waals surface area contributed by atoms with Gasteiger partial charge in [0.05, 0.1) is 32.1 Å². The third kappa shape index (κ3) is 4.58. The van der Waals surface area contributed by atoms with Gasteiger partial charge in [0.15, 0.2) is 0 Å². The smallest absolute Gasteiger partial charge is 0.356 e. The Morgan fingerprint density at radius 1 is 1.09 bits per heavy atom. The zero-order valence-corrected chi connectivity index (χ0v) is 19.6. The molecule has 0 atom stereocenters. The number of H-pyrrole nitrogens is 1. The summed E-state index contributed by atoms with van der Waals surface area (Å²) in [6, 6.07) is 13.5. The molecule has 1 saturated heterocycles. The minimum Gasteiger partial charge on any atom is -0.495 e. The second-order valence-corrected chi connectivity index (χ2v) is 8.46. The van der Waals surface area contributed by atoms with Crippen LogP contribution in [0.2, 0.25) is 0 Å². The Labute approximate surface area is 194 Å². The normalized spacial score (nSPS) is 14.4. The number of methoxy groups -OCH3 is 2. The lowest BCUT2D eigenvalue weighted by Gasteiger charge is -2.36. The maximum atomic E-state index is 12.9. The van der Waals surface area contributed by atoms with Crippen LogP contribution < -0.4 is 15.0 Å². The maximum Gasteiger partial charge on any atom is 0.356 e. The highest BCUT2D eigenvalue weighted by atomic mass is 79.9. The van der Waals surface area contributed by atoms with Crippen LogP contribution in [-0.2, 0) is 9.53 Å². The SMILES string of the molecule is COC(=O)c1[nH]c2ccc(Br)cc2c1NC(=O)CN1CCN(c2ccccc2OC)CC1. The predicted octanol–water partition coefficient (Wildman–Crippen LogP) is 3.49. The Hall–Kier alpha value is -3.04. The molecule has 1 fully saturated rings. The van der Waals surface area contributed by atoms with Crippen LogP contribution in [0.5, 0.6) is 5.75 Å². The first-order valence-corrected chi connectivity index (χ1v) is 11.1. The zero-order chi connectivity index (χ0) is 22.7. The van der Waals surface area contributed by atoms with Crippen LogP contribution in [0.1, 0.15) is 10.5 Å². The molecule has 32 heavy (non-hydrogen) atoms. The van der Waals surface area contributed by atoms with Crippen molar-refractivity contribution in [1.82, 2.24) is 9.88 Å². The lowest BCUT2D eigenvalue weighted by molar-refractivity contribution is -0.117. The number of fused-ring (bicyclic) bond motifs is 1. The number of para-hydroxylation sites is 2. The number of hydrogen-bond donors (Lipinski definition) is 2. The van der Waals surface area contributed by atoms with E-state index in [4.69, 9.17) is 9.47 Å². The molecule has 2 N–H and O–H groups in total. The molecule has 1 aromatic heterocycles. The maximum absolute atomic E-state index is 12.9. The number of benzene rings is 2. The van der Waals surface area contributed by atoms with Gasteiger partial charge in [0.2, 0.25) is 5.91 Å². The number of carbonyl (C=O) groups is 2. The van der Waals surface area contributed by atoms with Crippen LogP contribution in [-0.4, -0.2) is 68.7 Å². The number of aromatic nitrogens is 1. The fourth-order valence-corrected chi connectivity index (χ4v) is 4.33. The lowest BCUT2D eigenvalue weighted by atomic mass is 10.2. The summed E-state index contributed by atoms with van der Waals surface area (Å²) in [5.74, 6) is 0.138. The fraction of sp³-hybridized carbons (Fsp3) is 0.304. The van der Waals surface area contributed by atoms with Gasteiger partial charge in [-0.1, -0.05) is 28.1 Å². The molecule has 1 aliphatic heterocycles. The number of hydrogen-bond acceptors (Lipinski definition) is 6. The van der Waals surface area contributed by atoms with Gasteiger partial charge in [-0.15, -0.1) is 0 Å². The molecule has 0 bridgehead atoms. The topological polar surface area (TPSA) is 86.9 Å². The summed E-state index contributed by atoms with van der Waals surface area (Å²) < 4.78 is 11.2. The first kappa shape index (κ1) is 22.2. The molecule has 0 aliphatic carbocycles. The third-order valence-corrected chi connectivity index (χ3v) is 6.07. The van der Waals surface area contributed by atoms with Gasteiger partial charge in [-0.05, 0) is 30.3 Å². The molecule has 9 heteroatoms. The lowest BCUT2D eigenvalue weighted by Crippen LogP contribution is -2.48. The van der Waals surface area contributed by atoms with Crippen molar-refractivity contribution in [2.75, 3.05) is 57.2 Å². The van der Waals surface area contributed by atoms with Crippen molar-refractivity contribution < 1.29 is 19.1 Å². The van der Waals surface area contributed by atoms with Crippen molar-refractivity contribution in [2.45, 2.75) is 0 Å². The average Bonchev–Trinajstić information content (AvgIpc) is 3.16. The van der Waals surface area contributed by atoms with E-state index in [1.54, 1.807) is 7.11 Å². The number of ether oxygens (including phenoxy) is 2. The minimum atomic E-state index is -0.530. The monoisotopic (exact) mass is 500 g/mol. The quantitative estimate of drug-likeness (QED) is 0.503. The average molecular weight is 501 g/mol. The first-order chi connectivity index (χ1) is 15.5. The molecule has 1 amide bonds. The molecule has 0 saturated carbocycles. The van der Waals surface area contributed by atoms with Gasteiger partial charge < -0.3 is 24.7 Å². The Morgan fingerprint density at radius 2 is 1.84 bits per heavy atom. The highest BCUT2D eigenvalue weighted by molar-refractivity contribution is 9.10. The minimum absolute atomic E-state index is 0.179. The molecule has 1 aliphatic rings. The number of halogens is 1. The molecule has 3 aromatic rings. The van der Waals surface area contributed by atoms with Crippen LogP contribution in [0.4, 0.5) is 11.4 Å². The molecule has 2 heterocycles. The van der Waals surface area contributed by atoms with Crippen molar-refractivity contribution in [2.24, 2.45) is 0 Å². The molecule has 0 unspecified atom stereocenters. The van der Waals surface area contributed by atoms with E-state index >= 15 is 0 Å². The largest absolute Gasteiger partial charge is 0.495 e. The number of aromatic amines is 1. The highest BCUT2D eigenvalue weighted by Crippen LogP contribution is 2.31. The number of amides is 1. The number of nitrogens with one attached hydrogen (secondary N) is 2. The predicted molar refractivity (Wildman–Crippen MR) is 128 cm³/mol. The van der Waals surface area contributed by atoms with E-state index in [0.29, 0.717) is 5.69 Å². The number of carbonyl (C=O) groups excluding carboxylic acids is 2. The summed E-state index contributed by atoms with van der Waals surface area (Å²) in [7, 11) is 2.99. The third-order valence-electron chi connectivity index (χ3n) is 5.58. The van der Waals surface area contributed by atoms with Crippen LogP contribution in [0.15, 0.2) is 46.9 Å². The molecule has 8 nitrogen and oxygen atoms in total. The number of anilines is 2. The van der Waals surface area contributed by atoms with Gasteiger partial charge in [0.25, 0.3) is 0 Å². The van der Waals surface area contributed by atoms with Gasteiger partial charge in [-0.3, -0.25) is 9.69 Å². The van der Waals surface area contributed by atoms with Crippen LogP contribution >= 0.6 is 15.9 Å². The molecule has 2 aromatic carbocycles. The number of piperazine rings is 1. The van der Waals surface area contributed by atoms with Crippen molar-refractivity contribution in [3.63, 3.8) is 0 Å². The summed E-state index contributed by atoms with van der Waals surface area (Å²) >= 11 is 3.45. The number of rotatable bonds is 6. The van der Waals surface area contributed by atoms with E-state index in [-0.39, 0.29) is 18.1 Å². The van der Waals surface area contributed by atoms with E-state index in [0.717, 1.165) is 53.0 Å². The summed E-state index contributed by atoms with van der Waals surface area (Å²) in [5, 5.41) is 3.66. The van der Waals surface area contributed by atoms with Crippen molar-refractivity contribution >= 4 is 50.1 Å². The molecular formula is C23H25BrN4O4. The molecule has 0 spiro atoms. The van der Waals surface area contributed by atoms with Crippen molar-refractivity contribution in [1.29, 1.82) is 0 Å². The standard InChI is InChI=1S/C23H25BrN4O4/c1-31-19-6-4-3-5-18(19)28-11-9-27(10-12-28)14-20(29)26-21-16-13-15(24)7-8-17(16)25-22(21)23(30)32-2/h3-8,13,25H,9-12,14H2,1-2H3,(H,26,29). The molecule has 4 rings (SSSR count). The van der Waals surface area contributed by atoms with Crippen LogP contribution in [0, 0.1) is 0 Å². The van der Waals surface area contributed by atoms with Gasteiger partial charge in [-0.2, -0.15) is 0 Å². The Morgan fingerprint density at radius 3 is 2.56 bits per heavy atom. The number of nitrogens with zero attached hydrogens (tertiary/aromatic N) is 2. The second-order valence-electron chi connectivity index (χ2n) is 7.54. The summed E-state index contributed by atoms with van der Waals surface area (Å²) in [6.07, 6.45) is 0. The van der Waals surface area contributed by atoms with Crippen molar-refractivity contribution in [3.05, 3.63) is 52.6 Å². The van der Waals surface area contributed by atoms with E-state index in [1.165, 1.54) is 7.11 Å². The fourth-order valence-electron chi connectivity index (χ4n) is 3.97. The van der Waals surface area contributed by atoms with Gasteiger partial charge in [-0.25, -0.2) is 4.79 Å². The first-order valence-electron chi connectivity index (χ1n) is 10.3. The Bertz CT molecular complexity index is 1140. The van der Waals surface area contributed by atoms with Gasteiger partial charge >= 0.3 is 5.97 Å². The Kier molecular flexibility index (Phi) is 6.66. The van der Waals surface area contributed by atoms with E-state index < -0.39 is 5.97 Å². The summed E-state index contributed by atoms with van der Waals surface area (Å²) in [6.45, 7) is 3.31. The van der Waals surface area contributed by atoms with E-state index in [1.807, 2.05) is 42.5 Å². The molecular weight excluding hydrogens is 476 g/mol. The van der Waals surface area contributed by atoms with E-state index in [2.05, 4.69) is 36.0 Å². The Balaban J connectivity index is 1.43. The second kappa shape index (κ2) is 9.62. The van der Waals surface area contributed by atoms with E-state index in [9.17, 15) is 9.59 Å². The summed E-state index contributed by atoms with van der Waals surface area (Å²) in [4.78, 5) is 32.5. The summed E-state index contributed by atoms with van der Waals surface area (Å²) in [5.41, 5.74) is 2.47. The van der Waals surface area contributed by atoms with Gasteiger partial charge in [0, 0.05) is 41.6 Å². The molecule has 0 radical (unpaired) electrons. The molecule has 168 valence electrons. The zero-order valence-electron chi connectivity index (χ0n) is 18.0. The number of esters is 1. The highest BCUT2D eigenvalue weighted by Gasteiger charge is 2.24. The van der Waals surface area contributed by atoms with Crippen LogP contribution in [0.3, 0.4) is 0 Å². The van der Waals surface area contributed by atoms with Crippen LogP contribution in [0.25, 0.3) is 10.9 Å². The van der Waals surface area contributed by atoms with Gasteiger partial charge in [0.1, 0.15) is 11.4 Å². The van der Waals surface area contributed by atoms with Crippen molar-refractivity contribution in [3.8, 4) is 5.75 Å².